The molecule has 0 aromatic heterocycles. The third kappa shape index (κ3) is 43.8. The van der Waals surface area contributed by atoms with E-state index >= 15 is 0 Å². The fourth-order valence-electron chi connectivity index (χ4n) is 5.20. The topological polar surface area (TPSA) is 132 Å². The standard InChI is InChI=1S/C49H80O9/c1-3-5-7-9-11-13-15-17-19-21-23-25-27-29-31-33-35-37-48(53)57-43-46(51)41-55-39-45(50)40-56-42-47(52)44-58-49(54)38-36-34-32-30-28-26-24-22-20-18-16-14-12-10-8-6-4-2/h11-14,17-20,23-26,29-32,45-47,50-52H,3-10,15-16,21-22,27-28,33-44H2,1-2H3/b13-11-,14-12-,19-17-,20-18-,25-23-,26-24-,31-29-,32-30-. The molecule has 0 aliphatic rings. The number of esters is 2. The fourth-order valence-corrected chi connectivity index (χ4v) is 5.20. The SMILES string of the molecule is CCCCC/C=C\C/C=C\C/C=C\C/C=C\CCCC(=O)OCC(O)COCC(O)COCC(O)COC(=O)CCC/C=C\C/C=C\C/C=C\C/C=C\CCCCC. The van der Waals surface area contributed by atoms with E-state index in [0.29, 0.717) is 12.8 Å². The van der Waals surface area contributed by atoms with Crippen molar-refractivity contribution in [2.75, 3.05) is 39.6 Å². The minimum Gasteiger partial charge on any atom is -0.463 e. The molecule has 0 aliphatic carbocycles. The first kappa shape index (κ1) is 54.7. The highest BCUT2D eigenvalue weighted by atomic mass is 16.6. The third-order valence-electron chi connectivity index (χ3n) is 8.53. The van der Waals surface area contributed by atoms with Crippen LogP contribution in [-0.4, -0.2) is 85.2 Å². The van der Waals surface area contributed by atoms with Gasteiger partial charge in [0.15, 0.2) is 0 Å². The quantitative estimate of drug-likeness (QED) is 0.0314. The lowest BCUT2D eigenvalue weighted by Gasteiger charge is -2.16. The second kappa shape index (κ2) is 44.8. The minimum atomic E-state index is -1.02. The number of aliphatic hydroxyl groups excluding tert-OH is 3. The Morgan fingerprint density at radius 3 is 0.931 bits per heavy atom. The molecule has 58 heavy (non-hydrogen) atoms. The van der Waals surface area contributed by atoms with Crippen molar-refractivity contribution in [1.82, 2.24) is 0 Å². The van der Waals surface area contributed by atoms with E-state index in [1.165, 1.54) is 51.4 Å². The molecular weight excluding hydrogens is 733 g/mol. The molecule has 0 radical (unpaired) electrons. The lowest BCUT2D eigenvalue weighted by Crippen LogP contribution is -2.30. The predicted octanol–water partition coefficient (Wildman–Crippen LogP) is 10.5. The second-order valence-corrected chi connectivity index (χ2v) is 14.4. The number of hydrogen-bond acceptors (Lipinski definition) is 9. The molecule has 2 unspecified atom stereocenters. The van der Waals surface area contributed by atoms with Crippen molar-refractivity contribution in [2.24, 2.45) is 0 Å². The summed E-state index contributed by atoms with van der Waals surface area (Å²) in [6.45, 7) is 3.62. The number of unbranched alkanes of at least 4 members (excludes halogenated alkanes) is 8. The number of ether oxygens (including phenoxy) is 4. The third-order valence-corrected chi connectivity index (χ3v) is 8.53. The van der Waals surface area contributed by atoms with Gasteiger partial charge in [0, 0.05) is 12.8 Å². The maximum atomic E-state index is 12.0. The minimum absolute atomic E-state index is 0.107. The van der Waals surface area contributed by atoms with Gasteiger partial charge in [-0.15, -0.1) is 0 Å². The summed E-state index contributed by atoms with van der Waals surface area (Å²) in [5.74, 6) is -0.759. The van der Waals surface area contributed by atoms with E-state index in [1.54, 1.807) is 0 Å². The van der Waals surface area contributed by atoms with Crippen molar-refractivity contribution in [2.45, 2.75) is 161 Å². The molecule has 0 aromatic carbocycles. The van der Waals surface area contributed by atoms with Crippen LogP contribution in [-0.2, 0) is 28.5 Å². The summed E-state index contributed by atoms with van der Waals surface area (Å²) >= 11 is 0. The van der Waals surface area contributed by atoms with Crippen molar-refractivity contribution in [3.63, 3.8) is 0 Å². The highest BCUT2D eigenvalue weighted by Crippen LogP contribution is 2.05. The molecule has 0 heterocycles. The van der Waals surface area contributed by atoms with Gasteiger partial charge < -0.3 is 34.3 Å². The summed E-state index contributed by atoms with van der Waals surface area (Å²) in [5.41, 5.74) is 0. The van der Waals surface area contributed by atoms with Crippen molar-refractivity contribution in [3.05, 3.63) is 97.2 Å². The summed E-state index contributed by atoms with van der Waals surface area (Å²) in [6, 6.07) is 0. The Labute approximate surface area is 352 Å². The van der Waals surface area contributed by atoms with Crippen LogP contribution in [0.3, 0.4) is 0 Å². The molecule has 330 valence electrons. The van der Waals surface area contributed by atoms with Crippen LogP contribution in [0.4, 0.5) is 0 Å². The molecule has 0 rings (SSSR count). The van der Waals surface area contributed by atoms with Crippen LogP contribution in [0.25, 0.3) is 0 Å². The molecule has 9 heteroatoms. The van der Waals surface area contributed by atoms with Crippen molar-refractivity contribution in [3.8, 4) is 0 Å². The molecule has 0 aliphatic heterocycles. The molecular formula is C49H80O9. The Morgan fingerprint density at radius 1 is 0.379 bits per heavy atom. The molecule has 0 amide bonds. The smallest absolute Gasteiger partial charge is 0.305 e. The van der Waals surface area contributed by atoms with E-state index in [2.05, 4.69) is 111 Å². The first-order valence-corrected chi connectivity index (χ1v) is 22.1. The van der Waals surface area contributed by atoms with Crippen molar-refractivity contribution in [1.29, 1.82) is 0 Å². The van der Waals surface area contributed by atoms with E-state index in [4.69, 9.17) is 18.9 Å². The highest BCUT2D eigenvalue weighted by Gasteiger charge is 2.13. The summed E-state index contributed by atoms with van der Waals surface area (Å²) in [5, 5.41) is 30.1. The van der Waals surface area contributed by atoms with E-state index < -0.39 is 18.3 Å². The number of hydrogen-bond donors (Lipinski definition) is 3. The van der Waals surface area contributed by atoms with Crippen LogP contribution in [0.15, 0.2) is 97.2 Å². The molecule has 0 spiro atoms. The molecule has 0 saturated carbocycles. The monoisotopic (exact) mass is 813 g/mol. The predicted molar refractivity (Wildman–Crippen MR) is 238 cm³/mol. The average molecular weight is 813 g/mol. The molecule has 0 saturated heterocycles. The van der Waals surface area contributed by atoms with E-state index in [0.717, 1.165) is 51.4 Å². The Kier molecular flexibility index (Phi) is 42.2. The zero-order valence-electron chi connectivity index (χ0n) is 36.1. The van der Waals surface area contributed by atoms with Gasteiger partial charge in [-0.2, -0.15) is 0 Å². The Hall–Kier alpha value is -3.34. The highest BCUT2D eigenvalue weighted by molar-refractivity contribution is 5.69. The van der Waals surface area contributed by atoms with Crippen LogP contribution in [0.1, 0.15) is 142 Å². The van der Waals surface area contributed by atoms with E-state index in [1.807, 2.05) is 0 Å². The van der Waals surface area contributed by atoms with Crippen LogP contribution < -0.4 is 0 Å². The van der Waals surface area contributed by atoms with E-state index in [-0.39, 0.29) is 64.4 Å². The zero-order chi connectivity index (χ0) is 42.4. The fraction of sp³-hybridized carbons (Fsp3) is 0.633. The molecule has 0 fully saturated rings. The summed E-state index contributed by atoms with van der Waals surface area (Å²) in [4.78, 5) is 24.0. The molecule has 2 atom stereocenters. The van der Waals surface area contributed by atoms with Gasteiger partial charge in [0.2, 0.25) is 0 Å². The van der Waals surface area contributed by atoms with Crippen LogP contribution in [0.2, 0.25) is 0 Å². The largest absolute Gasteiger partial charge is 0.463 e. The lowest BCUT2D eigenvalue weighted by molar-refractivity contribution is -0.148. The first-order chi connectivity index (χ1) is 28.4. The van der Waals surface area contributed by atoms with Gasteiger partial charge in [-0.1, -0.05) is 137 Å². The number of carbonyl (C=O) groups excluding carboxylic acids is 2. The van der Waals surface area contributed by atoms with Crippen molar-refractivity contribution >= 4 is 11.9 Å². The molecule has 3 N–H and O–H groups in total. The van der Waals surface area contributed by atoms with Gasteiger partial charge in [0.05, 0.1) is 26.4 Å². The number of carbonyl (C=O) groups is 2. The number of aliphatic hydroxyl groups is 3. The van der Waals surface area contributed by atoms with Crippen LogP contribution in [0.5, 0.6) is 0 Å². The summed E-state index contributed by atoms with van der Waals surface area (Å²) < 4.78 is 20.8. The Balaban J connectivity index is 3.72. The summed E-state index contributed by atoms with van der Waals surface area (Å²) in [6.07, 6.45) is 50.6. The maximum Gasteiger partial charge on any atom is 0.305 e. The summed E-state index contributed by atoms with van der Waals surface area (Å²) in [7, 11) is 0. The van der Waals surface area contributed by atoms with Gasteiger partial charge >= 0.3 is 11.9 Å². The number of rotatable bonds is 40. The Bertz CT molecular complexity index is 1090. The van der Waals surface area contributed by atoms with Gasteiger partial charge in [-0.25, -0.2) is 0 Å². The van der Waals surface area contributed by atoms with Gasteiger partial charge in [-0.05, 0) is 89.9 Å². The normalized spacial score (nSPS) is 14.2. The molecule has 0 aromatic rings. The average Bonchev–Trinajstić information content (AvgIpc) is 3.21. The van der Waals surface area contributed by atoms with Gasteiger partial charge in [0.25, 0.3) is 0 Å². The van der Waals surface area contributed by atoms with Gasteiger partial charge in [0.1, 0.15) is 31.5 Å². The van der Waals surface area contributed by atoms with Gasteiger partial charge in [-0.3, -0.25) is 9.59 Å². The number of allylic oxidation sites excluding steroid dienone is 16. The Morgan fingerprint density at radius 2 is 0.638 bits per heavy atom. The van der Waals surface area contributed by atoms with Crippen LogP contribution in [0, 0.1) is 0 Å². The molecule has 0 bridgehead atoms. The maximum absolute atomic E-state index is 12.0. The second-order valence-electron chi connectivity index (χ2n) is 14.4. The van der Waals surface area contributed by atoms with E-state index in [9.17, 15) is 24.9 Å². The zero-order valence-corrected chi connectivity index (χ0v) is 36.1. The molecule has 9 nitrogen and oxygen atoms in total. The van der Waals surface area contributed by atoms with Crippen molar-refractivity contribution < 1.29 is 43.9 Å². The first-order valence-electron chi connectivity index (χ1n) is 22.1. The lowest BCUT2D eigenvalue weighted by atomic mass is 10.2. The van der Waals surface area contributed by atoms with Crippen LogP contribution >= 0.6 is 0 Å².